The first kappa shape index (κ1) is 16.7. The van der Waals surface area contributed by atoms with Crippen LogP contribution in [-0.2, 0) is 5.41 Å². The number of rotatable bonds is 3. The van der Waals surface area contributed by atoms with E-state index in [4.69, 9.17) is 0 Å². The summed E-state index contributed by atoms with van der Waals surface area (Å²) in [7, 11) is 0. The Bertz CT molecular complexity index is 488. The maximum absolute atomic E-state index is 12.0. The summed E-state index contributed by atoms with van der Waals surface area (Å²) in [5.74, 6) is -0.119. The minimum Gasteiger partial charge on any atom is -0.347 e. The third-order valence-electron chi connectivity index (χ3n) is 3.25. The second-order valence-corrected chi connectivity index (χ2v) is 5.92. The number of nitrogens with one attached hydrogen (secondary N) is 3. The first-order valence-corrected chi connectivity index (χ1v) is 6.69. The van der Waals surface area contributed by atoms with Gasteiger partial charge in [-0.1, -0.05) is 32.4 Å². The number of nitrogens with zero attached hydrogens (tertiary/aromatic N) is 1. The second-order valence-electron chi connectivity index (χ2n) is 5.92. The van der Waals surface area contributed by atoms with Crippen molar-refractivity contribution in [2.24, 2.45) is 0 Å². The van der Waals surface area contributed by atoms with Gasteiger partial charge >= 0.3 is 0 Å². The first-order valence-electron chi connectivity index (χ1n) is 6.69. The molecule has 0 radical (unpaired) electrons. The van der Waals surface area contributed by atoms with Crippen LogP contribution in [0.15, 0.2) is 17.7 Å². The summed E-state index contributed by atoms with van der Waals surface area (Å²) in [6, 6.07) is 1.83. The average Bonchev–Trinajstić information content (AvgIpc) is 2.87. The van der Waals surface area contributed by atoms with Crippen LogP contribution in [0.25, 0.3) is 0 Å². The Hall–Kier alpha value is -1.33. The molecule has 3 N–H and O–H groups in total. The number of hydrogen-bond donors (Lipinski definition) is 3. The highest BCUT2D eigenvalue weighted by Gasteiger charge is 2.19. The van der Waals surface area contributed by atoms with Gasteiger partial charge in [-0.05, 0) is 19.0 Å². The van der Waals surface area contributed by atoms with Crippen molar-refractivity contribution in [3.05, 3.63) is 29.1 Å². The van der Waals surface area contributed by atoms with Gasteiger partial charge in [-0.2, -0.15) is 5.10 Å². The lowest BCUT2D eigenvalue weighted by Crippen LogP contribution is -2.29. The molecule has 5 nitrogen and oxygen atoms in total. The minimum absolute atomic E-state index is 0. The van der Waals surface area contributed by atoms with Gasteiger partial charge in [-0.15, -0.1) is 12.4 Å². The lowest BCUT2D eigenvalue weighted by atomic mass is 9.92. The molecule has 0 unspecified atom stereocenters. The minimum atomic E-state index is -0.119. The van der Waals surface area contributed by atoms with E-state index in [1.54, 1.807) is 0 Å². The molecular formula is C14H23ClN4O. The van der Waals surface area contributed by atoms with Crippen LogP contribution < -0.4 is 10.6 Å². The number of hydrogen-bond acceptors (Lipinski definition) is 3. The Morgan fingerprint density at radius 1 is 1.45 bits per heavy atom. The summed E-state index contributed by atoms with van der Waals surface area (Å²) in [4.78, 5) is 12.0. The van der Waals surface area contributed by atoms with Crippen LogP contribution in [0, 0.1) is 0 Å². The fourth-order valence-electron chi connectivity index (χ4n) is 1.94. The lowest BCUT2D eigenvalue weighted by Gasteiger charge is -2.15. The van der Waals surface area contributed by atoms with Crippen molar-refractivity contribution in [2.45, 2.75) is 32.6 Å². The predicted molar refractivity (Wildman–Crippen MR) is 82.4 cm³/mol. The third kappa shape index (κ3) is 4.35. The van der Waals surface area contributed by atoms with Gasteiger partial charge in [0.1, 0.15) is 5.69 Å². The SMILES string of the molecule is CC(C)(C)c1cc(C(=O)NCC2=CCNCC2)n[nH]1.Cl. The van der Waals surface area contributed by atoms with Crippen molar-refractivity contribution in [1.29, 1.82) is 0 Å². The summed E-state index contributed by atoms with van der Waals surface area (Å²) >= 11 is 0. The van der Waals surface area contributed by atoms with Crippen LogP contribution in [0.5, 0.6) is 0 Å². The molecule has 2 heterocycles. The maximum atomic E-state index is 12.0. The molecule has 0 spiro atoms. The van der Waals surface area contributed by atoms with Gasteiger partial charge in [-0.3, -0.25) is 9.89 Å². The summed E-state index contributed by atoms with van der Waals surface area (Å²) in [5.41, 5.74) is 2.68. The standard InChI is InChI=1S/C14H22N4O.ClH/c1-14(2,3)12-8-11(17-18-12)13(19)16-9-10-4-6-15-7-5-10;/h4,8,15H,5-7,9H2,1-3H3,(H,16,19)(H,17,18);1H. The van der Waals surface area contributed by atoms with E-state index in [0.29, 0.717) is 12.2 Å². The molecule has 1 aromatic rings. The normalized spacial score (nSPS) is 15.2. The van der Waals surface area contributed by atoms with E-state index in [2.05, 4.69) is 47.7 Å². The molecule has 0 aliphatic carbocycles. The Balaban J connectivity index is 0.00000200. The fraction of sp³-hybridized carbons (Fsp3) is 0.571. The summed E-state index contributed by atoms with van der Waals surface area (Å²) < 4.78 is 0. The van der Waals surface area contributed by atoms with Gasteiger partial charge in [0.25, 0.3) is 5.91 Å². The molecule has 0 fully saturated rings. The molecule has 1 aliphatic rings. The Morgan fingerprint density at radius 2 is 2.20 bits per heavy atom. The zero-order valence-corrected chi connectivity index (χ0v) is 13.1. The van der Waals surface area contributed by atoms with Gasteiger partial charge in [0.2, 0.25) is 0 Å². The van der Waals surface area contributed by atoms with Gasteiger partial charge in [0, 0.05) is 24.2 Å². The molecule has 0 saturated heterocycles. The van der Waals surface area contributed by atoms with E-state index in [1.165, 1.54) is 5.57 Å². The largest absolute Gasteiger partial charge is 0.347 e. The number of amides is 1. The van der Waals surface area contributed by atoms with Crippen molar-refractivity contribution in [2.75, 3.05) is 19.6 Å². The monoisotopic (exact) mass is 298 g/mol. The molecule has 2 rings (SSSR count). The molecule has 1 aliphatic heterocycles. The molecular weight excluding hydrogens is 276 g/mol. The molecule has 0 atom stereocenters. The Labute approximate surface area is 126 Å². The highest BCUT2D eigenvalue weighted by molar-refractivity contribution is 5.92. The highest BCUT2D eigenvalue weighted by atomic mass is 35.5. The van der Waals surface area contributed by atoms with Crippen LogP contribution in [0.1, 0.15) is 43.4 Å². The van der Waals surface area contributed by atoms with Crippen LogP contribution in [0.4, 0.5) is 0 Å². The van der Waals surface area contributed by atoms with E-state index in [0.717, 1.165) is 25.2 Å². The Kier molecular flexibility index (Phi) is 5.77. The van der Waals surface area contributed by atoms with Crippen LogP contribution in [0.3, 0.4) is 0 Å². The van der Waals surface area contributed by atoms with Crippen molar-refractivity contribution in [3.63, 3.8) is 0 Å². The van der Waals surface area contributed by atoms with E-state index < -0.39 is 0 Å². The van der Waals surface area contributed by atoms with Crippen LogP contribution in [-0.4, -0.2) is 35.7 Å². The van der Waals surface area contributed by atoms with Crippen molar-refractivity contribution in [1.82, 2.24) is 20.8 Å². The zero-order chi connectivity index (χ0) is 13.9. The summed E-state index contributed by atoms with van der Waals surface area (Å²) in [6.07, 6.45) is 3.13. The fourth-order valence-corrected chi connectivity index (χ4v) is 1.94. The number of H-pyrrole nitrogens is 1. The molecule has 112 valence electrons. The maximum Gasteiger partial charge on any atom is 0.272 e. The smallest absolute Gasteiger partial charge is 0.272 e. The molecule has 0 saturated carbocycles. The van der Waals surface area contributed by atoms with E-state index in [9.17, 15) is 4.79 Å². The average molecular weight is 299 g/mol. The molecule has 20 heavy (non-hydrogen) atoms. The number of aromatic amines is 1. The Morgan fingerprint density at radius 3 is 2.75 bits per heavy atom. The lowest BCUT2D eigenvalue weighted by molar-refractivity contribution is 0.0951. The number of aromatic nitrogens is 2. The predicted octanol–water partition coefficient (Wildman–Crippen LogP) is 1.78. The topological polar surface area (TPSA) is 69.8 Å². The van der Waals surface area contributed by atoms with E-state index >= 15 is 0 Å². The zero-order valence-electron chi connectivity index (χ0n) is 12.2. The molecule has 0 bridgehead atoms. The van der Waals surface area contributed by atoms with Crippen molar-refractivity contribution in [3.8, 4) is 0 Å². The van der Waals surface area contributed by atoms with Crippen molar-refractivity contribution < 1.29 is 4.79 Å². The van der Waals surface area contributed by atoms with Gasteiger partial charge in [-0.25, -0.2) is 0 Å². The number of halogens is 1. The van der Waals surface area contributed by atoms with Crippen molar-refractivity contribution >= 4 is 18.3 Å². The quantitative estimate of drug-likeness (QED) is 0.745. The highest BCUT2D eigenvalue weighted by Crippen LogP contribution is 2.20. The first-order chi connectivity index (χ1) is 8.97. The van der Waals surface area contributed by atoms with Crippen LogP contribution in [0.2, 0.25) is 0 Å². The van der Waals surface area contributed by atoms with E-state index in [1.807, 2.05) is 6.07 Å². The number of carbonyl (C=O) groups is 1. The van der Waals surface area contributed by atoms with Gasteiger partial charge in [0.05, 0.1) is 0 Å². The molecule has 6 heteroatoms. The second kappa shape index (κ2) is 6.90. The summed E-state index contributed by atoms with van der Waals surface area (Å²) in [6.45, 7) is 8.74. The third-order valence-corrected chi connectivity index (χ3v) is 3.25. The molecule has 1 amide bonds. The number of carbonyl (C=O) groups excluding carboxylic acids is 1. The van der Waals surface area contributed by atoms with Gasteiger partial charge in [0.15, 0.2) is 0 Å². The van der Waals surface area contributed by atoms with Gasteiger partial charge < -0.3 is 10.6 Å². The van der Waals surface area contributed by atoms with Crippen LogP contribution >= 0.6 is 12.4 Å². The van der Waals surface area contributed by atoms with E-state index in [-0.39, 0.29) is 23.7 Å². The summed E-state index contributed by atoms with van der Waals surface area (Å²) in [5, 5.41) is 13.2. The molecule has 1 aromatic heterocycles. The molecule has 0 aromatic carbocycles.